The summed E-state index contributed by atoms with van der Waals surface area (Å²) in [7, 11) is -3.88. The van der Waals surface area contributed by atoms with Gasteiger partial charge in [-0.3, -0.25) is 14.3 Å². The minimum Gasteiger partial charge on any atom is -0.326 e. The van der Waals surface area contributed by atoms with Crippen molar-refractivity contribution < 1.29 is 18.0 Å². The number of benzene rings is 3. The van der Waals surface area contributed by atoms with Crippen LogP contribution in [0.2, 0.25) is 0 Å². The van der Waals surface area contributed by atoms with Crippen LogP contribution < -0.4 is 14.9 Å². The van der Waals surface area contributed by atoms with Gasteiger partial charge in [0.25, 0.3) is 15.9 Å². The maximum Gasteiger partial charge on any atom is 0.262 e. The van der Waals surface area contributed by atoms with E-state index < -0.39 is 10.0 Å². The normalized spacial score (nSPS) is 13.2. The van der Waals surface area contributed by atoms with Crippen LogP contribution in [0.4, 0.5) is 17.1 Å². The number of hydrogen-bond acceptors (Lipinski definition) is 4. The van der Waals surface area contributed by atoms with E-state index in [9.17, 15) is 18.0 Å². The SMILES string of the molecule is CCC(=O)Nc1ccc(S(=O)(=O)Nc2ccc3c(c2)N(C(=O)c2ccccc2)CCC3)c(C)c1. The van der Waals surface area contributed by atoms with Crippen LogP contribution in [-0.2, 0) is 21.2 Å². The third-order valence-electron chi connectivity index (χ3n) is 5.79. The average Bonchev–Trinajstić information content (AvgIpc) is 2.83. The number of fused-ring (bicyclic) bond motifs is 1. The number of rotatable bonds is 6. The molecule has 4 rings (SSSR count). The van der Waals surface area contributed by atoms with Gasteiger partial charge >= 0.3 is 0 Å². The van der Waals surface area contributed by atoms with Crippen LogP contribution >= 0.6 is 0 Å². The van der Waals surface area contributed by atoms with E-state index in [1.165, 1.54) is 6.07 Å². The van der Waals surface area contributed by atoms with Crippen LogP contribution in [0.15, 0.2) is 71.6 Å². The topological polar surface area (TPSA) is 95.6 Å². The molecule has 0 atom stereocenters. The van der Waals surface area contributed by atoms with Gasteiger partial charge in [0.05, 0.1) is 10.6 Å². The second-order valence-electron chi connectivity index (χ2n) is 8.26. The van der Waals surface area contributed by atoms with Crippen molar-refractivity contribution in [3.05, 3.63) is 83.4 Å². The van der Waals surface area contributed by atoms with Crippen LogP contribution in [0.1, 0.15) is 41.3 Å². The lowest BCUT2D eigenvalue weighted by Crippen LogP contribution is -2.35. The molecule has 0 saturated carbocycles. The first kappa shape index (κ1) is 23.5. The molecule has 3 aromatic rings. The molecule has 34 heavy (non-hydrogen) atoms. The zero-order valence-corrected chi connectivity index (χ0v) is 20.0. The summed E-state index contributed by atoms with van der Waals surface area (Å²) in [5.41, 5.74) is 3.76. The third-order valence-corrected chi connectivity index (χ3v) is 7.33. The quantitative estimate of drug-likeness (QED) is 0.536. The summed E-state index contributed by atoms with van der Waals surface area (Å²) >= 11 is 0. The lowest BCUT2D eigenvalue weighted by Gasteiger charge is -2.30. The van der Waals surface area contributed by atoms with Crippen molar-refractivity contribution >= 4 is 38.9 Å². The molecule has 0 fully saturated rings. The molecule has 0 radical (unpaired) electrons. The van der Waals surface area contributed by atoms with Crippen molar-refractivity contribution in [2.24, 2.45) is 0 Å². The van der Waals surface area contributed by atoms with Crippen molar-refractivity contribution in [2.75, 3.05) is 21.5 Å². The standard InChI is InChI=1S/C26H27N3O4S/c1-3-25(30)27-21-13-14-24(18(2)16-21)34(32,33)28-22-12-11-19-10-7-15-29(23(19)17-22)26(31)20-8-5-4-6-9-20/h4-6,8-9,11-14,16-17,28H,3,7,10,15H2,1-2H3,(H,27,30). The molecule has 1 aliphatic rings. The Kier molecular flexibility index (Phi) is 6.70. The van der Waals surface area contributed by atoms with Crippen molar-refractivity contribution in [3.63, 3.8) is 0 Å². The van der Waals surface area contributed by atoms with Gasteiger partial charge in [-0.25, -0.2) is 8.42 Å². The number of carbonyl (C=O) groups is 2. The maximum atomic E-state index is 13.1. The van der Waals surface area contributed by atoms with E-state index in [-0.39, 0.29) is 16.7 Å². The maximum absolute atomic E-state index is 13.1. The Morgan fingerprint density at radius 2 is 1.71 bits per heavy atom. The fraction of sp³-hybridized carbons (Fsp3) is 0.231. The predicted octanol–water partition coefficient (Wildman–Crippen LogP) is 4.74. The molecule has 0 bridgehead atoms. The van der Waals surface area contributed by atoms with Crippen LogP contribution in [0.3, 0.4) is 0 Å². The van der Waals surface area contributed by atoms with E-state index in [1.54, 1.807) is 55.1 Å². The highest BCUT2D eigenvalue weighted by Gasteiger charge is 2.25. The number of nitrogens with zero attached hydrogens (tertiary/aromatic N) is 1. The molecule has 0 aromatic heterocycles. The summed E-state index contributed by atoms with van der Waals surface area (Å²) in [6.45, 7) is 4.00. The first-order valence-electron chi connectivity index (χ1n) is 11.2. The summed E-state index contributed by atoms with van der Waals surface area (Å²) in [4.78, 5) is 26.6. The summed E-state index contributed by atoms with van der Waals surface area (Å²) in [6, 6.07) is 19.1. The van der Waals surface area contributed by atoms with Gasteiger partial charge in [0.2, 0.25) is 5.91 Å². The lowest BCUT2D eigenvalue weighted by molar-refractivity contribution is -0.115. The van der Waals surface area contributed by atoms with Crippen molar-refractivity contribution in [1.82, 2.24) is 0 Å². The van der Waals surface area contributed by atoms with Crippen molar-refractivity contribution in [1.29, 1.82) is 0 Å². The van der Waals surface area contributed by atoms with Crippen LogP contribution in [0.25, 0.3) is 0 Å². The van der Waals surface area contributed by atoms with Crippen LogP contribution in [-0.4, -0.2) is 26.8 Å². The highest BCUT2D eigenvalue weighted by Crippen LogP contribution is 2.32. The second kappa shape index (κ2) is 9.69. The molecule has 1 aliphatic heterocycles. The Labute approximate surface area is 199 Å². The molecule has 0 saturated heterocycles. The number of sulfonamides is 1. The molecule has 0 aliphatic carbocycles. The molecule has 176 valence electrons. The van der Waals surface area contributed by atoms with Crippen LogP contribution in [0.5, 0.6) is 0 Å². The second-order valence-corrected chi connectivity index (χ2v) is 9.91. The Balaban J connectivity index is 1.60. The Bertz CT molecular complexity index is 1340. The Hall–Kier alpha value is -3.65. The van der Waals surface area contributed by atoms with E-state index >= 15 is 0 Å². The smallest absolute Gasteiger partial charge is 0.262 e. The minimum atomic E-state index is -3.88. The van der Waals surface area contributed by atoms with E-state index in [0.29, 0.717) is 35.5 Å². The molecule has 0 spiro atoms. The molecular formula is C26H27N3O4S. The summed E-state index contributed by atoms with van der Waals surface area (Å²) in [5, 5.41) is 2.73. The molecule has 7 nitrogen and oxygen atoms in total. The summed E-state index contributed by atoms with van der Waals surface area (Å²) in [5.74, 6) is -0.251. The predicted molar refractivity (Wildman–Crippen MR) is 134 cm³/mol. The van der Waals surface area contributed by atoms with E-state index in [2.05, 4.69) is 10.0 Å². The molecular weight excluding hydrogens is 450 g/mol. The van der Waals surface area contributed by atoms with Gasteiger partial charge < -0.3 is 10.2 Å². The van der Waals surface area contributed by atoms with E-state index in [1.807, 2.05) is 24.3 Å². The first-order chi connectivity index (χ1) is 16.3. The molecule has 2 N–H and O–H groups in total. The number of anilines is 3. The third kappa shape index (κ3) is 4.97. The van der Waals surface area contributed by atoms with Crippen molar-refractivity contribution in [3.8, 4) is 0 Å². The van der Waals surface area contributed by atoms with Gasteiger partial charge in [-0.05, 0) is 73.4 Å². The number of nitrogens with one attached hydrogen (secondary N) is 2. The molecule has 3 aromatic carbocycles. The Morgan fingerprint density at radius 1 is 0.971 bits per heavy atom. The molecule has 0 unspecified atom stereocenters. The zero-order valence-electron chi connectivity index (χ0n) is 19.2. The number of amides is 2. The average molecular weight is 478 g/mol. The number of hydrogen-bond donors (Lipinski definition) is 2. The van der Waals surface area contributed by atoms with Gasteiger partial charge in [0.1, 0.15) is 0 Å². The van der Waals surface area contributed by atoms with Gasteiger partial charge in [-0.1, -0.05) is 31.2 Å². The zero-order chi connectivity index (χ0) is 24.3. The van der Waals surface area contributed by atoms with Gasteiger partial charge in [-0.2, -0.15) is 0 Å². The Morgan fingerprint density at radius 3 is 2.41 bits per heavy atom. The summed E-state index contributed by atoms with van der Waals surface area (Å²) < 4.78 is 28.9. The number of carbonyl (C=O) groups excluding carboxylic acids is 2. The van der Waals surface area contributed by atoms with Gasteiger partial charge in [0.15, 0.2) is 0 Å². The highest BCUT2D eigenvalue weighted by molar-refractivity contribution is 7.92. The fourth-order valence-corrected chi connectivity index (χ4v) is 5.35. The summed E-state index contributed by atoms with van der Waals surface area (Å²) in [6.07, 6.45) is 2.00. The van der Waals surface area contributed by atoms with E-state index in [0.717, 1.165) is 24.1 Å². The van der Waals surface area contributed by atoms with E-state index in [4.69, 9.17) is 0 Å². The van der Waals surface area contributed by atoms with Crippen LogP contribution in [0, 0.1) is 6.92 Å². The van der Waals surface area contributed by atoms with Gasteiger partial charge in [0, 0.05) is 29.9 Å². The minimum absolute atomic E-state index is 0.109. The highest BCUT2D eigenvalue weighted by atomic mass is 32.2. The molecule has 8 heteroatoms. The van der Waals surface area contributed by atoms with Gasteiger partial charge in [-0.15, -0.1) is 0 Å². The fourth-order valence-electron chi connectivity index (χ4n) is 4.07. The monoisotopic (exact) mass is 477 g/mol. The number of aryl methyl sites for hydroxylation is 2. The van der Waals surface area contributed by atoms with Crippen molar-refractivity contribution in [2.45, 2.75) is 38.0 Å². The lowest BCUT2D eigenvalue weighted by atomic mass is 10.00. The largest absolute Gasteiger partial charge is 0.326 e. The molecule has 1 heterocycles. The first-order valence-corrected chi connectivity index (χ1v) is 12.7. The molecule has 2 amide bonds.